The highest BCUT2D eigenvalue weighted by Gasteiger charge is 2.31. The van der Waals surface area contributed by atoms with Gasteiger partial charge in [0.15, 0.2) is 0 Å². The van der Waals surface area contributed by atoms with Gasteiger partial charge < -0.3 is 20.3 Å². The Kier molecular flexibility index (Phi) is 13.3. The fraction of sp³-hybridized carbons (Fsp3) is 0.667. The van der Waals surface area contributed by atoms with E-state index in [-0.39, 0.29) is 18.4 Å². The van der Waals surface area contributed by atoms with E-state index in [2.05, 4.69) is 24.5 Å². The minimum Gasteiger partial charge on any atom is -0.444 e. The van der Waals surface area contributed by atoms with Crippen molar-refractivity contribution in [3.63, 3.8) is 0 Å². The summed E-state index contributed by atoms with van der Waals surface area (Å²) in [6.07, 6.45) is 6.25. The molecular weight excluding hydrogens is 430 g/mol. The summed E-state index contributed by atoms with van der Waals surface area (Å²) in [5, 5.41) is 5.57. The van der Waals surface area contributed by atoms with Crippen molar-refractivity contribution in [2.75, 3.05) is 19.6 Å². The van der Waals surface area contributed by atoms with Gasteiger partial charge in [-0.2, -0.15) is 0 Å². The number of amides is 3. The van der Waals surface area contributed by atoms with Gasteiger partial charge in [-0.1, -0.05) is 75.8 Å². The molecule has 192 valence electrons. The van der Waals surface area contributed by atoms with Crippen LogP contribution in [0, 0.1) is 6.92 Å². The largest absolute Gasteiger partial charge is 0.444 e. The monoisotopic (exact) mass is 475 g/mol. The maximum absolute atomic E-state index is 13.3. The van der Waals surface area contributed by atoms with Crippen molar-refractivity contribution in [3.8, 4) is 0 Å². The zero-order chi connectivity index (χ0) is 25.6. The summed E-state index contributed by atoms with van der Waals surface area (Å²) in [6.45, 7) is 12.3. The van der Waals surface area contributed by atoms with Crippen LogP contribution in [-0.4, -0.2) is 48.0 Å². The Morgan fingerprint density at radius 3 is 2.12 bits per heavy atom. The summed E-state index contributed by atoms with van der Waals surface area (Å²) >= 11 is 0. The lowest BCUT2D eigenvalue weighted by Gasteiger charge is -2.32. The van der Waals surface area contributed by atoms with Gasteiger partial charge >= 0.3 is 6.09 Å². The number of rotatable bonds is 14. The van der Waals surface area contributed by atoms with E-state index in [1.807, 2.05) is 31.2 Å². The summed E-state index contributed by atoms with van der Waals surface area (Å²) in [5.41, 5.74) is 1.19. The Labute approximate surface area is 206 Å². The molecule has 1 aromatic rings. The number of hydrogen-bond donors (Lipinski definition) is 2. The Balaban J connectivity index is 3.10. The Morgan fingerprint density at radius 1 is 0.912 bits per heavy atom. The average molecular weight is 476 g/mol. The van der Waals surface area contributed by atoms with Gasteiger partial charge in [0.25, 0.3) is 0 Å². The predicted molar refractivity (Wildman–Crippen MR) is 137 cm³/mol. The van der Waals surface area contributed by atoms with Crippen molar-refractivity contribution in [1.29, 1.82) is 0 Å². The number of benzene rings is 1. The normalized spacial score (nSPS) is 12.1. The number of hydrogen-bond acceptors (Lipinski definition) is 4. The van der Waals surface area contributed by atoms with E-state index in [9.17, 15) is 14.4 Å². The molecule has 0 fully saturated rings. The van der Waals surface area contributed by atoms with Gasteiger partial charge in [-0.3, -0.25) is 9.59 Å². The van der Waals surface area contributed by atoms with Gasteiger partial charge in [-0.05, 0) is 46.1 Å². The third-order valence-electron chi connectivity index (χ3n) is 5.39. The van der Waals surface area contributed by atoms with Crippen molar-refractivity contribution >= 4 is 17.9 Å². The Hall–Kier alpha value is -2.57. The van der Waals surface area contributed by atoms with Crippen LogP contribution in [-0.2, 0) is 14.3 Å². The van der Waals surface area contributed by atoms with Crippen molar-refractivity contribution < 1.29 is 19.1 Å². The van der Waals surface area contributed by atoms with Crippen LogP contribution in [0.5, 0.6) is 0 Å². The van der Waals surface area contributed by atoms with E-state index in [0.29, 0.717) is 13.1 Å². The molecule has 1 atom stereocenters. The molecule has 0 saturated heterocycles. The lowest BCUT2D eigenvalue weighted by atomic mass is 10.0. The molecule has 1 rings (SSSR count). The van der Waals surface area contributed by atoms with Gasteiger partial charge in [0, 0.05) is 13.1 Å². The molecule has 0 heterocycles. The molecule has 0 bridgehead atoms. The first-order chi connectivity index (χ1) is 16.1. The number of carbonyl (C=O) groups is 3. The minimum atomic E-state index is -0.753. The molecule has 7 heteroatoms. The highest BCUT2D eigenvalue weighted by Crippen LogP contribution is 2.23. The summed E-state index contributed by atoms with van der Waals surface area (Å²) in [5.74, 6) is -0.502. The summed E-state index contributed by atoms with van der Waals surface area (Å²) in [7, 11) is 0. The first kappa shape index (κ1) is 29.5. The first-order valence-corrected chi connectivity index (χ1v) is 12.7. The summed E-state index contributed by atoms with van der Waals surface area (Å²) in [4.78, 5) is 40.4. The second-order valence-electron chi connectivity index (χ2n) is 9.81. The van der Waals surface area contributed by atoms with Crippen LogP contribution in [0.4, 0.5) is 4.79 Å². The zero-order valence-corrected chi connectivity index (χ0v) is 22.0. The average Bonchev–Trinajstić information content (AvgIpc) is 2.77. The number of alkyl carbamates (subject to hydrolysis) is 1. The molecule has 1 unspecified atom stereocenters. The topological polar surface area (TPSA) is 87.7 Å². The number of carbonyl (C=O) groups excluding carboxylic acids is 3. The molecule has 3 amide bonds. The van der Waals surface area contributed by atoms with Crippen LogP contribution in [0.15, 0.2) is 24.3 Å². The molecule has 0 aliphatic carbocycles. The highest BCUT2D eigenvalue weighted by atomic mass is 16.6. The van der Waals surface area contributed by atoms with Crippen LogP contribution in [0.2, 0.25) is 0 Å². The van der Waals surface area contributed by atoms with Crippen LogP contribution in [0.3, 0.4) is 0 Å². The number of nitrogens with zero attached hydrogens (tertiary/aromatic N) is 1. The predicted octanol–water partition coefficient (Wildman–Crippen LogP) is 5.28. The number of ether oxygens (including phenoxy) is 1. The molecule has 0 aliphatic heterocycles. The van der Waals surface area contributed by atoms with Gasteiger partial charge in [-0.15, -0.1) is 0 Å². The fourth-order valence-corrected chi connectivity index (χ4v) is 3.58. The molecule has 0 aromatic heterocycles. The molecule has 0 aliphatic rings. The standard InChI is InChI=1S/C27H45N3O4/c1-7-9-11-13-19-30(23(31)20-29-26(33)34-27(4,5)6)24(22-16-14-21(3)15-17-22)25(32)28-18-12-10-8-2/h14-17,24H,7-13,18-20H2,1-6H3,(H,28,32)(H,29,33). The third kappa shape index (κ3) is 11.5. The van der Waals surface area contributed by atoms with E-state index < -0.39 is 17.7 Å². The van der Waals surface area contributed by atoms with Gasteiger partial charge in [0.1, 0.15) is 18.2 Å². The molecular formula is C27H45N3O4. The second-order valence-corrected chi connectivity index (χ2v) is 9.81. The first-order valence-electron chi connectivity index (χ1n) is 12.7. The van der Waals surface area contributed by atoms with E-state index in [0.717, 1.165) is 56.1 Å². The van der Waals surface area contributed by atoms with Gasteiger partial charge in [0.05, 0.1) is 0 Å². The van der Waals surface area contributed by atoms with E-state index in [1.54, 1.807) is 25.7 Å². The maximum Gasteiger partial charge on any atom is 0.408 e. The molecule has 2 N–H and O–H groups in total. The Morgan fingerprint density at radius 2 is 1.53 bits per heavy atom. The second kappa shape index (κ2) is 15.4. The van der Waals surface area contributed by atoms with Crippen molar-refractivity contribution in [2.24, 2.45) is 0 Å². The molecule has 0 saturated carbocycles. The van der Waals surface area contributed by atoms with Gasteiger partial charge in [0.2, 0.25) is 11.8 Å². The SMILES string of the molecule is CCCCCCN(C(=O)CNC(=O)OC(C)(C)C)C(C(=O)NCCCCC)c1ccc(C)cc1. The van der Waals surface area contributed by atoms with E-state index >= 15 is 0 Å². The molecule has 7 nitrogen and oxygen atoms in total. The quantitative estimate of drug-likeness (QED) is 0.359. The number of unbranched alkanes of at least 4 members (excludes halogenated alkanes) is 5. The van der Waals surface area contributed by atoms with E-state index in [4.69, 9.17) is 4.74 Å². The molecule has 0 spiro atoms. The lowest BCUT2D eigenvalue weighted by molar-refractivity contribution is -0.140. The smallest absolute Gasteiger partial charge is 0.408 e. The van der Waals surface area contributed by atoms with Crippen LogP contribution in [0.25, 0.3) is 0 Å². The van der Waals surface area contributed by atoms with Crippen molar-refractivity contribution in [2.45, 2.75) is 98.1 Å². The Bertz CT molecular complexity index is 756. The van der Waals surface area contributed by atoms with Crippen molar-refractivity contribution in [3.05, 3.63) is 35.4 Å². The van der Waals surface area contributed by atoms with Crippen molar-refractivity contribution in [1.82, 2.24) is 15.5 Å². The molecule has 1 aromatic carbocycles. The van der Waals surface area contributed by atoms with Crippen LogP contribution < -0.4 is 10.6 Å². The number of aryl methyl sites for hydroxylation is 1. The van der Waals surface area contributed by atoms with Gasteiger partial charge in [-0.25, -0.2) is 4.79 Å². The lowest BCUT2D eigenvalue weighted by Crippen LogP contribution is -2.48. The zero-order valence-electron chi connectivity index (χ0n) is 22.0. The third-order valence-corrected chi connectivity index (χ3v) is 5.39. The van der Waals surface area contributed by atoms with E-state index in [1.165, 1.54) is 0 Å². The fourth-order valence-electron chi connectivity index (χ4n) is 3.58. The summed E-state index contributed by atoms with van der Waals surface area (Å²) in [6, 6.07) is 6.95. The van der Waals surface area contributed by atoms with Crippen LogP contribution in [0.1, 0.15) is 96.7 Å². The molecule has 0 radical (unpaired) electrons. The highest BCUT2D eigenvalue weighted by molar-refractivity contribution is 5.90. The summed E-state index contributed by atoms with van der Waals surface area (Å²) < 4.78 is 5.26. The van der Waals surface area contributed by atoms with Crippen LogP contribution >= 0.6 is 0 Å². The minimum absolute atomic E-state index is 0.193. The maximum atomic E-state index is 13.3. The number of nitrogens with one attached hydrogen (secondary N) is 2. The molecule has 34 heavy (non-hydrogen) atoms.